The van der Waals surface area contributed by atoms with Crippen molar-refractivity contribution < 1.29 is 4.79 Å². The number of carbonyl (C=O) groups excluding carboxylic acids is 1. The summed E-state index contributed by atoms with van der Waals surface area (Å²) in [4.78, 5) is 11.4. The van der Waals surface area contributed by atoms with Crippen molar-refractivity contribution in [2.24, 2.45) is 5.41 Å². The van der Waals surface area contributed by atoms with Crippen molar-refractivity contribution in [3.05, 3.63) is 35.4 Å². The second-order valence-electron chi connectivity index (χ2n) is 4.64. The number of hydrogen-bond acceptors (Lipinski definition) is 2. The van der Waals surface area contributed by atoms with Gasteiger partial charge in [0.05, 0.1) is 11.6 Å². The summed E-state index contributed by atoms with van der Waals surface area (Å²) in [6.45, 7) is 3.95. The molecular weight excluding hydrogens is 186 g/mol. The summed E-state index contributed by atoms with van der Waals surface area (Å²) in [5, 5.41) is 8.80. The number of hydrogen-bond donors (Lipinski definition) is 0. The third-order valence-corrected chi connectivity index (χ3v) is 3.40. The Hall–Kier alpha value is -1.62. The molecule has 2 nitrogen and oxygen atoms in total. The van der Waals surface area contributed by atoms with Crippen LogP contribution < -0.4 is 0 Å². The maximum Gasteiger partial charge on any atom is 0.139 e. The highest BCUT2D eigenvalue weighted by atomic mass is 16.1. The van der Waals surface area contributed by atoms with Gasteiger partial charge in [-0.2, -0.15) is 5.26 Å². The number of nitrogens with zero attached hydrogens (tertiary/aromatic N) is 1. The van der Waals surface area contributed by atoms with Crippen molar-refractivity contribution >= 4 is 5.78 Å². The fourth-order valence-corrected chi connectivity index (χ4v) is 2.13. The highest BCUT2D eigenvalue weighted by Crippen LogP contribution is 2.49. The van der Waals surface area contributed by atoms with Crippen LogP contribution in [0.3, 0.4) is 0 Å². The number of Topliss-reactive ketones (excluding diaryl/α,β-unsaturated/α-hetero) is 1. The second kappa shape index (κ2) is 3.20. The molecule has 1 fully saturated rings. The van der Waals surface area contributed by atoms with E-state index in [2.05, 4.69) is 6.07 Å². The zero-order valence-electron chi connectivity index (χ0n) is 8.95. The number of rotatable bonds is 1. The molecular formula is C13H13NO. The topological polar surface area (TPSA) is 40.9 Å². The molecule has 1 atom stereocenters. The van der Waals surface area contributed by atoms with E-state index in [0.29, 0.717) is 17.8 Å². The molecule has 1 aliphatic carbocycles. The first-order valence-electron chi connectivity index (χ1n) is 5.09. The monoisotopic (exact) mass is 199 g/mol. The van der Waals surface area contributed by atoms with Crippen LogP contribution in [0.15, 0.2) is 24.3 Å². The van der Waals surface area contributed by atoms with E-state index in [9.17, 15) is 4.79 Å². The molecule has 0 spiro atoms. The van der Waals surface area contributed by atoms with E-state index in [4.69, 9.17) is 5.26 Å². The van der Waals surface area contributed by atoms with Gasteiger partial charge in [-0.15, -0.1) is 0 Å². The maximum absolute atomic E-state index is 11.4. The van der Waals surface area contributed by atoms with Gasteiger partial charge in [-0.1, -0.05) is 26.0 Å². The van der Waals surface area contributed by atoms with Crippen LogP contribution in [-0.2, 0) is 4.79 Å². The molecule has 0 saturated heterocycles. The molecule has 2 heteroatoms. The van der Waals surface area contributed by atoms with E-state index >= 15 is 0 Å². The van der Waals surface area contributed by atoms with Crippen molar-refractivity contribution in [3.8, 4) is 6.07 Å². The van der Waals surface area contributed by atoms with Gasteiger partial charge >= 0.3 is 0 Å². The van der Waals surface area contributed by atoms with E-state index in [0.717, 1.165) is 5.56 Å². The number of ketones is 1. The third-order valence-electron chi connectivity index (χ3n) is 3.40. The summed E-state index contributed by atoms with van der Waals surface area (Å²) in [5.41, 5.74) is 1.52. The summed E-state index contributed by atoms with van der Waals surface area (Å²) in [6, 6.07) is 9.68. The van der Waals surface area contributed by atoms with Crippen molar-refractivity contribution in [3.63, 3.8) is 0 Å². The summed E-state index contributed by atoms with van der Waals surface area (Å²) < 4.78 is 0. The highest BCUT2D eigenvalue weighted by Gasteiger charge is 2.47. The third kappa shape index (κ3) is 1.45. The van der Waals surface area contributed by atoms with Crippen molar-refractivity contribution in [2.75, 3.05) is 0 Å². The normalized spacial score (nSPS) is 23.0. The minimum atomic E-state index is -0.256. The Morgan fingerprint density at radius 1 is 1.47 bits per heavy atom. The molecule has 0 radical (unpaired) electrons. The van der Waals surface area contributed by atoms with Gasteiger partial charge in [-0.25, -0.2) is 0 Å². The highest BCUT2D eigenvalue weighted by molar-refractivity contribution is 5.92. The van der Waals surface area contributed by atoms with Crippen LogP contribution in [0.25, 0.3) is 0 Å². The first kappa shape index (κ1) is 9.92. The molecule has 1 aromatic carbocycles. The molecule has 0 heterocycles. The van der Waals surface area contributed by atoms with Crippen LogP contribution in [0.2, 0.25) is 0 Å². The van der Waals surface area contributed by atoms with Crippen molar-refractivity contribution in [1.82, 2.24) is 0 Å². The number of nitriles is 1. The number of benzene rings is 1. The standard InChI is InChI=1S/C13H13NO/c1-13(2)11(7-12(13)15)10-5-3-4-9(6-10)8-14/h3-6,11H,7H2,1-2H3. The Morgan fingerprint density at radius 3 is 2.73 bits per heavy atom. The SMILES string of the molecule is CC1(C)C(=O)CC1c1cccc(C#N)c1. The van der Waals surface area contributed by atoms with Gasteiger partial charge in [0.1, 0.15) is 5.78 Å². The Labute approximate surface area is 89.5 Å². The van der Waals surface area contributed by atoms with Crippen molar-refractivity contribution in [2.45, 2.75) is 26.2 Å². The lowest BCUT2D eigenvalue weighted by Crippen LogP contribution is -2.43. The molecule has 0 aromatic heterocycles. The predicted octanol–water partition coefficient (Wildman–Crippen LogP) is 2.64. The molecule has 0 aliphatic heterocycles. The van der Waals surface area contributed by atoms with Gasteiger partial charge in [-0.3, -0.25) is 4.79 Å². The number of carbonyl (C=O) groups is 1. The molecule has 0 bridgehead atoms. The first-order valence-corrected chi connectivity index (χ1v) is 5.09. The summed E-state index contributed by atoms with van der Waals surface area (Å²) in [6.07, 6.45) is 0.613. The van der Waals surface area contributed by atoms with Gasteiger partial charge in [-0.05, 0) is 17.7 Å². The summed E-state index contributed by atoms with van der Waals surface area (Å²) in [5.74, 6) is 0.591. The first-order chi connectivity index (χ1) is 7.05. The second-order valence-corrected chi connectivity index (χ2v) is 4.64. The molecule has 0 amide bonds. The maximum atomic E-state index is 11.4. The lowest BCUT2D eigenvalue weighted by molar-refractivity contribution is -0.137. The van der Waals surface area contributed by atoms with Crippen LogP contribution in [0.1, 0.15) is 37.3 Å². The largest absolute Gasteiger partial charge is 0.299 e. The van der Waals surface area contributed by atoms with E-state index in [1.807, 2.05) is 32.0 Å². The van der Waals surface area contributed by atoms with Gasteiger partial charge in [0.15, 0.2) is 0 Å². The molecule has 2 rings (SSSR count). The quantitative estimate of drug-likeness (QED) is 0.697. The minimum Gasteiger partial charge on any atom is -0.299 e. The smallest absolute Gasteiger partial charge is 0.139 e. The average Bonchev–Trinajstić information content (AvgIpc) is 2.25. The summed E-state index contributed by atoms with van der Waals surface area (Å²) >= 11 is 0. The summed E-state index contributed by atoms with van der Waals surface area (Å²) in [7, 11) is 0. The van der Waals surface area contributed by atoms with Crippen LogP contribution in [0.4, 0.5) is 0 Å². The Bertz CT molecular complexity index is 454. The van der Waals surface area contributed by atoms with Crippen LogP contribution >= 0.6 is 0 Å². The van der Waals surface area contributed by atoms with Crippen LogP contribution in [0, 0.1) is 16.7 Å². The van der Waals surface area contributed by atoms with Gasteiger partial charge in [0, 0.05) is 17.8 Å². The van der Waals surface area contributed by atoms with E-state index in [1.165, 1.54) is 0 Å². The zero-order valence-corrected chi connectivity index (χ0v) is 8.95. The Kier molecular flexibility index (Phi) is 2.12. The molecule has 1 saturated carbocycles. The average molecular weight is 199 g/mol. The molecule has 76 valence electrons. The van der Waals surface area contributed by atoms with E-state index in [1.54, 1.807) is 6.07 Å². The Balaban J connectivity index is 2.33. The fraction of sp³-hybridized carbons (Fsp3) is 0.385. The van der Waals surface area contributed by atoms with Gasteiger partial charge in [0.2, 0.25) is 0 Å². The van der Waals surface area contributed by atoms with E-state index < -0.39 is 0 Å². The van der Waals surface area contributed by atoms with Crippen LogP contribution in [-0.4, -0.2) is 5.78 Å². The minimum absolute atomic E-state index is 0.256. The molecule has 15 heavy (non-hydrogen) atoms. The van der Waals surface area contributed by atoms with Gasteiger partial charge in [0.25, 0.3) is 0 Å². The predicted molar refractivity (Wildman–Crippen MR) is 57.3 cm³/mol. The van der Waals surface area contributed by atoms with Crippen molar-refractivity contribution in [1.29, 1.82) is 5.26 Å². The molecule has 0 N–H and O–H groups in total. The Morgan fingerprint density at radius 2 is 2.20 bits per heavy atom. The zero-order chi connectivity index (χ0) is 11.1. The lowest BCUT2D eigenvalue weighted by Gasteiger charge is -2.42. The molecule has 1 unspecified atom stereocenters. The van der Waals surface area contributed by atoms with Gasteiger partial charge < -0.3 is 0 Å². The molecule has 1 aromatic rings. The van der Waals surface area contributed by atoms with E-state index in [-0.39, 0.29) is 11.3 Å². The van der Waals surface area contributed by atoms with Crippen LogP contribution in [0.5, 0.6) is 0 Å². The fourth-order valence-electron chi connectivity index (χ4n) is 2.13. The lowest BCUT2D eigenvalue weighted by atomic mass is 9.59. The molecule has 1 aliphatic rings.